The van der Waals surface area contributed by atoms with Crippen LogP contribution >= 0.6 is 22.6 Å². The highest BCUT2D eigenvalue weighted by molar-refractivity contribution is 14.1. The molecule has 0 amide bonds. The molecule has 5 atom stereocenters. The summed E-state index contributed by atoms with van der Waals surface area (Å²) in [6.45, 7) is 15.8. The number of benzene rings is 4. The largest absolute Gasteiger partial charge is 0.400 e. The van der Waals surface area contributed by atoms with E-state index < -0.39 is 41.2 Å². The van der Waals surface area contributed by atoms with E-state index in [9.17, 15) is 5.11 Å². The molecular weight excluding hydrogens is 703 g/mol. The van der Waals surface area contributed by atoms with Crippen LogP contribution in [0.3, 0.4) is 0 Å². The molecule has 45 heavy (non-hydrogen) atoms. The monoisotopic (exact) mass is 750 g/mol. The topological polar surface area (TPSA) is 47.9 Å². The molecule has 1 aliphatic heterocycles. The van der Waals surface area contributed by atoms with Crippen LogP contribution < -0.4 is 20.7 Å². The number of aliphatic hydroxyl groups excluding tert-OH is 1. The second-order valence-electron chi connectivity index (χ2n) is 14.2. The van der Waals surface area contributed by atoms with Crippen LogP contribution in [0.4, 0.5) is 0 Å². The van der Waals surface area contributed by atoms with Gasteiger partial charge in [-0.2, -0.15) is 0 Å². The van der Waals surface area contributed by atoms with Gasteiger partial charge in [-0.25, -0.2) is 0 Å². The third kappa shape index (κ3) is 6.42. The molecule has 0 unspecified atom stereocenters. The fourth-order valence-corrected chi connectivity index (χ4v) is 17.5. The fourth-order valence-electron chi connectivity index (χ4n) is 7.07. The van der Waals surface area contributed by atoms with Crippen LogP contribution in [0.2, 0.25) is 10.1 Å². The van der Waals surface area contributed by atoms with Crippen molar-refractivity contribution >= 4 is 60.0 Å². The average molecular weight is 751 g/mol. The van der Waals surface area contributed by atoms with Crippen molar-refractivity contribution in [2.75, 3.05) is 0 Å². The Bertz CT molecular complexity index is 1430. The zero-order chi connectivity index (χ0) is 32.5. The molecule has 1 saturated heterocycles. The maximum Gasteiger partial charge on any atom is 0.261 e. The number of alkyl halides is 1. The van der Waals surface area contributed by atoms with Crippen molar-refractivity contribution < 1.29 is 18.7 Å². The van der Waals surface area contributed by atoms with Gasteiger partial charge in [0.1, 0.15) is 0 Å². The van der Waals surface area contributed by atoms with Crippen molar-refractivity contribution in [3.05, 3.63) is 121 Å². The zero-order valence-electron chi connectivity index (χ0n) is 27.5. The van der Waals surface area contributed by atoms with E-state index in [0.717, 1.165) is 0 Å². The number of rotatable bonds is 8. The molecule has 0 bridgehead atoms. The zero-order valence-corrected chi connectivity index (χ0v) is 31.6. The average Bonchev–Trinajstić information content (AvgIpc) is 3.02. The molecule has 0 spiro atoms. The molecule has 0 aromatic heterocycles. The maximum atomic E-state index is 11.3. The second kappa shape index (κ2) is 13.5. The van der Waals surface area contributed by atoms with E-state index in [4.69, 9.17) is 13.6 Å². The Labute approximate surface area is 285 Å². The van der Waals surface area contributed by atoms with Crippen molar-refractivity contribution in [3.8, 4) is 0 Å². The lowest BCUT2D eigenvalue weighted by atomic mass is 10.0. The van der Waals surface area contributed by atoms with Crippen molar-refractivity contribution in [2.24, 2.45) is 0 Å². The molecule has 4 aromatic rings. The van der Waals surface area contributed by atoms with Gasteiger partial charge in [-0.15, -0.1) is 0 Å². The molecule has 1 aliphatic rings. The maximum absolute atomic E-state index is 11.3. The van der Waals surface area contributed by atoms with Crippen LogP contribution in [0.25, 0.3) is 0 Å². The lowest BCUT2D eigenvalue weighted by Crippen LogP contribution is -2.74. The predicted molar refractivity (Wildman–Crippen MR) is 199 cm³/mol. The predicted octanol–water partition coefficient (Wildman–Crippen LogP) is 6.42. The molecular formula is C38H47IO4Si2. The number of halogens is 1. The Balaban J connectivity index is 1.74. The van der Waals surface area contributed by atoms with E-state index in [2.05, 4.69) is 185 Å². The minimum Gasteiger partial charge on any atom is -0.400 e. The van der Waals surface area contributed by atoms with Crippen LogP contribution in [0.1, 0.15) is 48.5 Å². The van der Waals surface area contributed by atoms with E-state index >= 15 is 0 Å². The molecule has 0 saturated carbocycles. The van der Waals surface area contributed by atoms with Crippen molar-refractivity contribution in [3.63, 3.8) is 0 Å². The highest BCUT2D eigenvalue weighted by Gasteiger charge is 2.59. The molecule has 1 heterocycles. The Hall–Kier alpha value is -2.12. The van der Waals surface area contributed by atoms with Crippen LogP contribution in [0, 0.1) is 0 Å². The van der Waals surface area contributed by atoms with Crippen LogP contribution in [-0.2, 0) is 13.6 Å². The summed E-state index contributed by atoms with van der Waals surface area (Å²) >= 11 is 2.34. The van der Waals surface area contributed by atoms with Gasteiger partial charge >= 0.3 is 0 Å². The Morgan fingerprint density at radius 3 is 1.13 bits per heavy atom. The van der Waals surface area contributed by atoms with Crippen molar-refractivity contribution in [2.45, 2.75) is 87.1 Å². The highest BCUT2D eigenvalue weighted by Crippen LogP contribution is 2.44. The standard InChI is InChI=1S/C38H47IO4Si2/c1-28-34(42-44(37(2,3)4,29-20-12-8-13-21-29)30-22-14-9-15-23-30)35(33(39)36(40)41-28)43-45(38(5,6)7,31-24-16-10-17-25-31)32-26-18-11-19-27-32/h8-28,33-36,40H,1-7H3/t28-,33+,34+,35+,36+/m0/s1. The Morgan fingerprint density at radius 1 is 0.556 bits per heavy atom. The van der Waals surface area contributed by atoms with Gasteiger partial charge in [0.25, 0.3) is 16.6 Å². The first-order valence-electron chi connectivity index (χ1n) is 15.9. The summed E-state index contributed by atoms with van der Waals surface area (Å²) in [6, 6.07) is 42.8. The summed E-state index contributed by atoms with van der Waals surface area (Å²) in [7, 11) is -5.98. The number of aliphatic hydroxyl groups is 1. The van der Waals surface area contributed by atoms with Crippen LogP contribution in [0.15, 0.2) is 121 Å². The quantitative estimate of drug-likeness (QED) is 0.129. The smallest absolute Gasteiger partial charge is 0.261 e. The molecule has 1 fully saturated rings. The van der Waals surface area contributed by atoms with Gasteiger partial charge < -0.3 is 18.7 Å². The van der Waals surface area contributed by atoms with E-state index in [0.29, 0.717) is 0 Å². The van der Waals surface area contributed by atoms with Gasteiger partial charge in [0, 0.05) is 0 Å². The van der Waals surface area contributed by atoms with Crippen molar-refractivity contribution in [1.82, 2.24) is 0 Å². The first kappa shape index (κ1) is 34.2. The van der Waals surface area contributed by atoms with E-state index in [-0.39, 0.29) is 14.0 Å². The van der Waals surface area contributed by atoms with Gasteiger partial charge in [0.05, 0.1) is 22.2 Å². The first-order chi connectivity index (χ1) is 21.3. The number of hydrogen-bond donors (Lipinski definition) is 1. The SMILES string of the molecule is C[C@@H]1O[C@@H](O)[C@H](I)[C@@H](O[Si](c2ccccc2)(c2ccccc2)C(C)(C)C)[C@@H]1O[Si](c1ccccc1)(c1ccccc1)C(C)(C)C. The minimum atomic E-state index is -3.00. The Kier molecular flexibility index (Phi) is 10.3. The van der Waals surface area contributed by atoms with Gasteiger partial charge in [0.15, 0.2) is 6.29 Å². The summed E-state index contributed by atoms with van der Waals surface area (Å²) in [5, 5.41) is 15.7. The van der Waals surface area contributed by atoms with E-state index in [1.165, 1.54) is 20.7 Å². The minimum absolute atomic E-state index is 0.228. The molecule has 4 aromatic carbocycles. The third-order valence-electron chi connectivity index (χ3n) is 9.19. The lowest BCUT2D eigenvalue weighted by molar-refractivity contribution is -0.211. The summed E-state index contributed by atoms with van der Waals surface area (Å²) in [4.78, 5) is 0. The molecule has 0 radical (unpaired) electrons. The number of hydrogen-bond acceptors (Lipinski definition) is 4. The molecule has 7 heteroatoms. The van der Waals surface area contributed by atoms with Gasteiger partial charge in [-0.3, -0.25) is 0 Å². The second-order valence-corrected chi connectivity index (χ2v) is 24.1. The Morgan fingerprint density at radius 2 is 0.844 bits per heavy atom. The van der Waals surface area contributed by atoms with Crippen molar-refractivity contribution in [1.29, 1.82) is 0 Å². The summed E-state index contributed by atoms with van der Waals surface area (Å²) < 4.78 is 21.5. The molecule has 4 nitrogen and oxygen atoms in total. The van der Waals surface area contributed by atoms with Crippen LogP contribution in [0.5, 0.6) is 0 Å². The van der Waals surface area contributed by atoms with Crippen LogP contribution in [-0.4, -0.2) is 50.3 Å². The third-order valence-corrected chi connectivity index (χ3v) is 20.6. The first-order valence-corrected chi connectivity index (χ1v) is 20.9. The molecule has 1 N–H and O–H groups in total. The van der Waals surface area contributed by atoms with E-state index in [1.54, 1.807) is 0 Å². The summed E-state index contributed by atoms with van der Waals surface area (Å²) in [5.41, 5.74) is 0. The normalized spacial score (nSPS) is 23.1. The molecule has 0 aliphatic carbocycles. The van der Waals surface area contributed by atoms with Gasteiger partial charge in [0.2, 0.25) is 0 Å². The lowest BCUT2D eigenvalue weighted by Gasteiger charge is -2.53. The van der Waals surface area contributed by atoms with Gasteiger partial charge in [-0.1, -0.05) is 185 Å². The highest BCUT2D eigenvalue weighted by atomic mass is 127. The fraction of sp³-hybridized carbons (Fsp3) is 0.368. The summed E-state index contributed by atoms with van der Waals surface area (Å²) in [6.07, 6.45) is -2.28. The number of ether oxygens (including phenoxy) is 1. The summed E-state index contributed by atoms with van der Waals surface area (Å²) in [5.74, 6) is 0. The molecule has 238 valence electrons. The van der Waals surface area contributed by atoms with Gasteiger partial charge in [-0.05, 0) is 37.7 Å². The molecule has 5 rings (SSSR count). The van der Waals surface area contributed by atoms with E-state index in [1.807, 2.05) is 6.92 Å².